The summed E-state index contributed by atoms with van der Waals surface area (Å²) < 4.78 is 0. The Hall–Kier alpha value is -0.410. The van der Waals surface area contributed by atoms with Crippen LogP contribution >= 0.6 is 0 Å². The molecule has 0 aliphatic rings. The zero-order valence-electron chi connectivity index (χ0n) is 5.60. The summed E-state index contributed by atoms with van der Waals surface area (Å²) in [5.41, 5.74) is 5.23. The van der Waals surface area contributed by atoms with Crippen molar-refractivity contribution in [2.45, 2.75) is 12.8 Å². The Morgan fingerprint density at radius 2 is 2.22 bits per heavy atom. The summed E-state index contributed by atoms with van der Waals surface area (Å²) in [5, 5.41) is 3.08. The molecule has 0 fully saturated rings. The molecule has 0 radical (unpaired) electrons. The van der Waals surface area contributed by atoms with E-state index < -0.39 is 0 Å². The van der Waals surface area contributed by atoms with Crippen LogP contribution in [0.15, 0.2) is 0 Å². The van der Waals surface area contributed by atoms with Gasteiger partial charge in [-0.25, -0.2) is 0 Å². The Balaban J connectivity index is 2.66. The highest BCUT2D eigenvalue weighted by Crippen LogP contribution is 1.70. The predicted octanol–water partition coefficient (Wildman–Crippen LogP) is -0.486. The molecule has 0 aromatic heterocycles. The fraction of sp³-hybridized carbons (Fsp3) is 0.833. The zero-order chi connectivity index (χ0) is 6.95. The maximum atomic E-state index is 9.77. The van der Waals surface area contributed by atoms with Crippen LogP contribution in [0.3, 0.4) is 0 Å². The van der Waals surface area contributed by atoms with E-state index in [4.69, 9.17) is 5.73 Å². The summed E-state index contributed by atoms with van der Waals surface area (Å²) in [7, 11) is 0. The Kier molecular flexibility index (Phi) is 7.24. The van der Waals surface area contributed by atoms with E-state index in [1.165, 1.54) is 0 Å². The van der Waals surface area contributed by atoms with Crippen molar-refractivity contribution in [2.75, 3.05) is 19.6 Å². The molecule has 0 saturated heterocycles. The Morgan fingerprint density at radius 1 is 1.44 bits per heavy atom. The van der Waals surface area contributed by atoms with Gasteiger partial charge in [0.15, 0.2) is 0 Å². The minimum Gasteiger partial charge on any atom is -0.330 e. The van der Waals surface area contributed by atoms with Crippen LogP contribution in [0.5, 0.6) is 0 Å². The third kappa shape index (κ3) is 7.59. The quantitative estimate of drug-likeness (QED) is 0.377. The molecule has 0 aromatic rings. The van der Waals surface area contributed by atoms with E-state index in [1.807, 2.05) is 0 Å². The first-order valence-corrected chi connectivity index (χ1v) is 3.26. The lowest BCUT2D eigenvalue weighted by Gasteiger charge is -1.97. The first-order valence-electron chi connectivity index (χ1n) is 3.26. The van der Waals surface area contributed by atoms with Gasteiger partial charge in [-0.2, -0.15) is 0 Å². The van der Waals surface area contributed by atoms with Gasteiger partial charge in [0.1, 0.15) is 6.29 Å². The molecular formula is C6H14N2O. The molecule has 54 valence electrons. The van der Waals surface area contributed by atoms with E-state index in [0.717, 1.165) is 25.8 Å². The lowest BCUT2D eigenvalue weighted by molar-refractivity contribution is -0.107. The summed E-state index contributed by atoms with van der Waals surface area (Å²) in [6.07, 6.45) is 2.50. The number of hydrogen-bond acceptors (Lipinski definition) is 3. The van der Waals surface area contributed by atoms with Crippen LogP contribution in [0.4, 0.5) is 0 Å². The minimum atomic E-state index is 0.602. The SMILES string of the molecule is NCCCNCCC=O. The van der Waals surface area contributed by atoms with Gasteiger partial charge in [0.25, 0.3) is 0 Å². The first-order chi connectivity index (χ1) is 4.41. The van der Waals surface area contributed by atoms with E-state index in [9.17, 15) is 4.79 Å². The van der Waals surface area contributed by atoms with Crippen LogP contribution in [-0.4, -0.2) is 25.9 Å². The first kappa shape index (κ1) is 8.59. The van der Waals surface area contributed by atoms with Gasteiger partial charge in [-0.15, -0.1) is 0 Å². The number of rotatable bonds is 6. The molecule has 0 amide bonds. The molecule has 0 bridgehead atoms. The van der Waals surface area contributed by atoms with Crippen molar-refractivity contribution in [2.24, 2.45) is 5.73 Å². The monoisotopic (exact) mass is 130 g/mol. The van der Waals surface area contributed by atoms with Crippen LogP contribution in [0.25, 0.3) is 0 Å². The van der Waals surface area contributed by atoms with Gasteiger partial charge >= 0.3 is 0 Å². The molecule has 0 heterocycles. The molecule has 3 nitrogen and oxygen atoms in total. The molecule has 0 saturated carbocycles. The predicted molar refractivity (Wildman–Crippen MR) is 37.2 cm³/mol. The molecule has 0 unspecified atom stereocenters. The molecule has 0 aliphatic heterocycles. The molecule has 3 N–H and O–H groups in total. The van der Waals surface area contributed by atoms with Gasteiger partial charge in [0.05, 0.1) is 0 Å². The Morgan fingerprint density at radius 3 is 2.78 bits per heavy atom. The summed E-state index contributed by atoms with van der Waals surface area (Å²) in [6, 6.07) is 0. The van der Waals surface area contributed by atoms with Crippen molar-refractivity contribution in [3.05, 3.63) is 0 Å². The molecule has 0 atom stereocenters. The smallest absolute Gasteiger partial charge is 0.121 e. The highest BCUT2D eigenvalue weighted by molar-refractivity contribution is 5.49. The Bertz CT molecular complexity index is 66.1. The fourth-order valence-corrected chi connectivity index (χ4v) is 0.513. The average molecular weight is 130 g/mol. The molecule has 3 heteroatoms. The van der Waals surface area contributed by atoms with Gasteiger partial charge in [0, 0.05) is 13.0 Å². The lowest BCUT2D eigenvalue weighted by Crippen LogP contribution is -2.19. The summed E-state index contributed by atoms with van der Waals surface area (Å²) in [5.74, 6) is 0. The standard InChI is InChI=1S/C6H14N2O/c7-3-1-4-8-5-2-6-9/h6,8H,1-5,7H2. The van der Waals surface area contributed by atoms with Gasteiger partial charge in [-0.3, -0.25) is 0 Å². The number of nitrogens with one attached hydrogen (secondary N) is 1. The topological polar surface area (TPSA) is 55.1 Å². The van der Waals surface area contributed by atoms with Crippen LogP contribution in [0, 0.1) is 0 Å². The second-order valence-electron chi connectivity index (χ2n) is 1.85. The minimum absolute atomic E-state index is 0.602. The van der Waals surface area contributed by atoms with Gasteiger partial charge in [0.2, 0.25) is 0 Å². The van der Waals surface area contributed by atoms with E-state index in [1.54, 1.807) is 0 Å². The number of nitrogens with two attached hydrogens (primary N) is 1. The molecule has 0 rings (SSSR count). The largest absolute Gasteiger partial charge is 0.330 e. The van der Waals surface area contributed by atoms with E-state index in [-0.39, 0.29) is 0 Å². The van der Waals surface area contributed by atoms with Crippen molar-refractivity contribution in [3.8, 4) is 0 Å². The van der Waals surface area contributed by atoms with Gasteiger partial charge in [-0.1, -0.05) is 0 Å². The average Bonchev–Trinajstić information content (AvgIpc) is 1.89. The summed E-state index contributed by atoms with van der Waals surface area (Å²) in [4.78, 5) is 9.77. The van der Waals surface area contributed by atoms with E-state index in [0.29, 0.717) is 13.0 Å². The maximum absolute atomic E-state index is 9.77. The summed E-state index contributed by atoms with van der Waals surface area (Å²) >= 11 is 0. The van der Waals surface area contributed by atoms with Crippen LogP contribution < -0.4 is 11.1 Å². The van der Waals surface area contributed by atoms with Gasteiger partial charge < -0.3 is 15.8 Å². The van der Waals surface area contributed by atoms with Gasteiger partial charge in [-0.05, 0) is 19.5 Å². The van der Waals surface area contributed by atoms with E-state index in [2.05, 4.69) is 5.32 Å². The Labute approximate surface area is 55.6 Å². The fourth-order valence-electron chi connectivity index (χ4n) is 0.513. The highest BCUT2D eigenvalue weighted by atomic mass is 16.1. The third-order valence-electron chi connectivity index (χ3n) is 0.997. The van der Waals surface area contributed by atoms with Crippen molar-refractivity contribution in [1.82, 2.24) is 5.32 Å². The molecule has 9 heavy (non-hydrogen) atoms. The number of hydrogen-bond donors (Lipinski definition) is 2. The third-order valence-corrected chi connectivity index (χ3v) is 0.997. The molecular weight excluding hydrogens is 116 g/mol. The summed E-state index contributed by atoms with van der Waals surface area (Å²) in [6.45, 7) is 2.42. The maximum Gasteiger partial charge on any atom is 0.121 e. The lowest BCUT2D eigenvalue weighted by atomic mass is 10.4. The zero-order valence-corrected chi connectivity index (χ0v) is 5.60. The molecule has 0 spiro atoms. The number of aldehydes is 1. The van der Waals surface area contributed by atoms with Crippen molar-refractivity contribution < 1.29 is 4.79 Å². The molecule has 0 aliphatic carbocycles. The van der Waals surface area contributed by atoms with Crippen molar-refractivity contribution in [3.63, 3.8) is 0 Å². The van der Waals surface area contributed by atoms with E-state index >= 15 is 0 Å². The molecule has 0 aromatic carbocycles. The second-order valence-corrected chi connectivity index (χ2v) is 1.85. The highest BCUT2D eigenvalue weighted by Gasteiger charge is 1.83. The van der Waals surface area contributed by atoms with Crippen LogP contribution in [0.1, 0.15) is 12.8 Å². The number of carbonyl (C=O) groups is 1. The normalized spacial score (nSPS) is 9.44. The second kappa shape index (κ2) is 7.59. The van der Waals surface area contributed by atoms with Crippen LogP contribution in [0.2, 0.25) is 0 Å². The number of carbonyl (C=O) groups excluding carboxylic acids is 1. The van der Waals surface area contributed by atoms with Crippen LogP contribution in [-0.2, 0) is 4.79 Å². The van der Waals surface area contributed by atoms with Crippen molar-refractivity contribution in [1.29, 1.82) is 0 Å². The van der Waals surface area contributed by atoms with Crippen molar-refractivity contribution >= 4 is 6.29 Å².